The predicted octanol–water partition coefficient (Wildman–Crippen LogP) is 2.60. The van der Waals surface area contributed by atoms with E-state index in [1.807, 2.05) is 6.07 Å². The van der Waals surface area contributed by atoms with E-state index in [2.05, 4.69) is 0 Å². The number of ether oxygens (including phenoxy) is 2. The Morgan fingerprint density at radius 2 is 1.79 bits per heavy atom. The molecule has 1 aliphatic rings. The maximum absolute atomic E-state index is 12.3. The van der Waals surface area contributed by atoms with E-state index in [-0.39, 0.29) is 13.1 Å². The van der Waals surface area contributed by atoms with E-state index >= 15 is 0 Å². The molecule has 6 heteroatoms. The van der Waals surface area contributed by atoms with Crippen LogP contribution in [-0.4, -0.2) is 53.0 Å². The number of carbonyl (C=O) groups excluding carboxylic acids is 2. The van der Waals surface area contributed by atoms with E-state index in [0.717, 1.165) is 0 Å². The number of esters is 1. The molecule has 1 aromatic rings. The largest absolute Gasteiger partial charge is 0.457 e. The van der Waals surface area contributed by atoms with Gasteiger partial charge < -0.3 is 19.5 Å². The van der Waals surface area contributed by atoms with Gasteiger partial charge in [0, 0.05) is 0 Å². The fraction of sp³-hybridized carbons (Fsp3) is 0.556. The molecular weight excluding hydrogens is 310 g/mol. The molecule has 0 radical (unpaired) electrons. The minimum Gasteiger partial charge on any atom is -0.457 e. The monoisotopic (exact) mass is 335 g/mol. The predicted molar refractivity (Wildman–Crippen MR) is 88.7 cm³/mol. The van der Waals surface area contributed by atoms with Gasteiger partial charge in [-0.1, -0.05) is 18.2 Å². The molecule has 1 amide bonds. The van der Waals surface area contributed by atoms with Gasteiger partial charge in [-0.15, -0.1) is 0 Å². The van der Waals surface area contributed by atoms with Crippen LogP contribution in [-0.2, 0) is 9.47 Å². The van der Waals surface area contributed by atoms with Crippen LogP contribution >= 0.6 is 0 Å². The second-order valence-electron chi connectivity index (χ2n) is 7.01. The van der Waals surface area contributed by atoms with Gasteiger partial charge in [0.05, 0.1) is 24.8 Å². The molecule has 2 unspecified atom stereocenters. The number of likely N-dealkylation sites (tertiary alicyclic amines) is 1. The normalized spacial score (nSPS) is 21.8. The van der Waals surface area contributed by atoms with Gasteiger partial charge in [-0.05, 0) is 45.7 Å². The number of hydrogen-bond donors (Lipinski definition) is 1. The molecule has 132 valence electrons. The number of carbonyl (C=O) groups is 2. The Morgan fingerprint density at radius 1 is 1.12 bits per heavy atom. The average Bonchev–Trinajstić information content (AvgIpc) is 2.68. The topological polar surface area (TPSA) is 76.1 Å². The first-order valence-electron chi connectivity index (χ1n) is 8.16. The smallest absolute Gasteiger partial charge is 0.410 e. The van der Waals surface area contributed by atoms with Crippen LogP contribution in [0.25, 0.3) is 0 Å². The summed E-state index contributed by atoms with van der Waals surface area (Å²) in [6.45, 7) is 5.74. The summed E-state index contributed by atoms with van der Waals surface area (Å²) in [7, 11) is 0. The van der Waals surface area contributed by atoms with Crippen LogP contribution in [0.2, 0.25) is 0 Å². The lowest BCUT2D eigenvalue weighted by atomic mass is 10.1. The fourth-order valence-corrected chi connectivity index (χ4v) is 2.50. The van der Waals surface area contributed by atoms with Crippen LogP contribution in [0.5, 0.6) is 0 Å². The fourth-order valence-electron chi connectivity index (χ4n) is 2.50. The number of rotatable bonds is 2. The van der Waals surface area contributed by atoms with Gasteiger partial charge in [0.15, 0.2) is 0 Å². The first kappa shape index (κ1) is 18.3. The van der Waals surface area contributed by atoms with Crippen LogP contribution in [0.4, 0.5) is 4.79 Å². The number of aliphatic hydroxyl groups excluding tert-OH is 1. The Bertz CT molecular complexity index is 567. The van der Waals surface area contributed by atoms with E-state index in [1.165, 1.54) is 4.90 Å². The molecule has 0 saturated carbocycles. The van der Waals surface area contributed by atoms with Crippen molar-refractivity contribution in [3.63, 3.8) is 0 Å². The number of aliphatic hydroxyl groups is 1. The maximum atomic E-state index is 12.3. The van der Waals surface area contributed by atoms with E-state index in [4.69, 9.17) is 9.47 Å². The second-order valence-corrected chi connectivity index (χ2v) is 7.01. The molecule has 0 bridgehead atoms. The Labute approximate surface area is 142 Å². The Kier molecular flexibility index (Phi) is 5.83. The van der Waals surface area contributed by atoms with E-state index in [0.29, 0.717) is 18.4 Å². The summed E-state index contributed by atoms with van der Waals surface area (Å²) in [5.74, 6) is -0.430. The molecule has 0 aliphatic carbocycles. The van der Waals surface area contributed by atoms with Crippen molar-refractivity contribution in [3.8, 4) is 0 Å². The van der Waals surface area contributed by atoms with Crippen LogP contribution in [0.3, 0.4) is 0 Å². The van der Waals surface area contributed by atoms with Gasteiger partial charge in [0.25, 0.3) is 0 Å². The van der Waals surface area contributed by atoms with Gasteiger partial charge in [-0.3, -0.25) is 0 Å². The Balaban J connectivity index is 2.02. The highest BCUT2D eigenvalue weighted by Crippen LogP contribution is 2.18. The zero-order valence-electron chi connectivity index (χ0n) is 14.4. The third kappa shape index (κ3) is 5.53. The molecule has 2 atom stereocenters. The highest BCUT2D eigenvalue weighted by Gasteiger charge is 2.31. The molecule has 6 nitrogen and oxygen atoms in total. The van der Waals surface area contributed by atoms with Crippen molar-refractivity contribution in [1.82, 2.24) is 4.90 Å². The van der Waals surface area contributed by atoms with E-state index < -0.39 is 29.9 Å². The Morgan fingerprint density at radius 3 is 2.42 bits per heavy atom. The van der Waals surface area contributed by atoms with Crippen LogP contribution in [0.15, 0.2) is 30.3 Å². The molecule has 1 fully saturated rings. The molecular formula is C18H25NO5. The van der Waals surface area contributed by atoms with Crippen molar-refractivity contribution >= 4 is 12.1 Å². The minimum absolute atomic E-state index is 0.175. The number of amides is 1. The summed E-state index contributed by atoms with van der Waals surface area (Å²) in [5, 5.41) is 9.99. The van der Waals surface area contributed by atoms with Crippen molar-refractivity contribution in [2.24, 2.45) is 0 Å². The lowest BCUT2D eigenvalue weighted by molar-refractivity contribution is 0.00171. The molecule has 0 spiro atoms. The molecule has 1 heterocycles. The summed E-state index contributed by atoms with van der Waals surface area (Å²) in [6.07, 6.45) is -0.671. The highest BCUT2D eigenvalue weighted by atomic mass is 16.6. The molecule has 2 rings (SSSR count). The molecule has 0 aromatic heterocycles. The molecule has 24 heavy (non-hydrogen) atoms. The molecule has 1 N–H and O–H groups in total. The average molecular weight is 335 g/mol. The number of β-amino-alcohol motifs (C(OH)–C–C–N with tert-alkyl or cyclic N) is 1. The van der Waals surface area contributed by atoms with E-state index in [1.54, 1.807) is 45.0 Å². The summed E-state index contributed by atoms with van der Waals surface area (Å²) in [4.78, 5) is 25.9. The molecule has 1 saturated heterocycles. The number of nitrogens with zero attached hydrogens (tertiary/aromatic N) is 1. The van der Waals surface area contributed by atoms with Crippen LogP contribution in [0, 0.1) is 0 Å². The summed E-state index contributed by atoms with van der Waals surface area (Å²) >= 11 is 0. The third-order valence-corrected chi connectivity index (χ3v) is 3.61. The number of hydrogen-bond acceptors (Lipinski definition) is 5. The van der Waals surface area contributed by atoms with Crippen molar-refractivity contribution in [1.29, 1.82) is 0 Å². The third-order valence-electron chi connectivity index (χ3n) is 3.61. The van der Waals surface area contributed by atoms with Crippen molar-refractivity contribution < 1.29 is 24.2 Å². The Hall–Kier alpha value is -2.08. The number of benzene rings is 1. The zero-order valence-corrected chi connectivity index (χ0v) is 14.4. The van der Waals surface area contributed by atoms with Gasteiger partial charge in [0.1, 0.15) is 11.7 Å². The maximum Gasteiger partial charge on any atom is 0.410 e. The van der Waals surface area contributed by atoms with Gasteiger partial charge >= 0.3 is 12.1 Å². The zero-order chi connectivity index (χ0) is 17.7. The molecule has 1 aliphatic heterocycles. The van der Waals surface area contributed by atoms with Crippen molar-refractivity contribution in [3.05, 3.63) is 35.9 Å². The van der Waals surface area contributed by atoms with Crippen molar-refractivity contribution in [2.75, 3.05) is 13.1 Å². The van der Waals surface area contributed by atoms with Gasteiger partial charge in [-0.2, -0.15) is 0 Å². The lowest BCUT2D eigenvalue weighted by Gasteiger charge is -2.28. The molecule has 1 aromatic carbocycles. The highest BCUT2D eigenvalue weighted by molar-refractivity contribution is 5.89. The van der Waals surface area contributed by atoms with Gasteiger partial charge in [-0.25, -0.2) is 9.59 Å². The minimum atomic E-state index is -0.655. The first-order valence-corrected chi connectivity index (χ1v) is 8.16. The first-order chi connectivity index (χ1) is 11.2. The van der Waals surface area contributed by atoms with Crippen LogP contribution < -0.4 is 0 Å². The summed E-state index contributed by atoms with van der Waals surface area (Å²) in [5.41, 5.74) is -0.156. The van der Waals surface area contributed by atoms with Gasteiger partial charge in [0.2, 0.25) is 0 Å². The quantitative estimate of drug-likeness (QED) is 0.841. The summed E-state index contributed by atoms with van der Waals surface area (Å²) < 4.78 is 10.9. The standard InChI is InChI=1S/C18H25NO5/c1-18(2,3)24-17(22)19-11-14(20)9-10-15(12-19)23-16(21)13-7-5-4-6-8-13/h4-8,14-15,20H,9-12H2,1-3H3. The van der Waals surface area contributed by atoms with E-state index in [9.17, 15) is 14.7 Å². The van der Waals surface area contributed by atoms with Crippen molar-refractivity contribution in [2.45, 2.75) is 51.4 Å². The SMILES string of the molecule is CC(C)(C)OC(=O)N1CC(O)CCC(OC(=O)c2ccccc2)C1. The second kappa shape index (κ2) is 7.66. The van der Waals surface area contributed by atoms with Crippen LogP contribution in [0.1, 0.15) is 44.0 Å². The lowest BCUT2D eigenvalue weighted by Crippen LogP contribution is -2.43. The summed E-state index contributed by atoms with van der Waals surface area (Å²) in [6, 6.07) is 8.71.